The Morgan fingerprint density at radius 2 is 1.77 bits per heavy atom. The SMILES string of the molecule is CCCC(=O)Nc1ccc(N(CC)c2cccc(C)c2)cc1. The average Bonchev–Trinajstić information content (AvgIpc) is 2.50. The number of hydrogen-bond acceptors (Lipinski definition) is 2. The second-order valence-electron chi connectivity index (χ2n) is 5.43. The maximum atomic E-state index is 11.6. The van der Waals surface area contributed by atoms with Crippen LogP contribution >= 0.6 is 0 Å². The van der Waals surface area contributed by atoms with Crippen LogP contribution in [0, 0.1) is 6.92 Å². The standard InChI is InChI=1S/C19H24N2O/c1-4-7-19(22)20-16-10-12-17(13-11-16)21(5-2)18-9-6-8-15(3)14-18/h6,8-14H,4-5,7H2,1-3H3,(H,20,22). The van der Waals surface area contributed by atoms with E-state index in [1.165, 1.54) is 11.3 Å². The molecule has 0 fully saturated rings. The van der Waals surface area contributed by atoms with Crippen molar-refractivity contribution < 1.29 is 4.79 Å². The first kappa shape index (κ1) is 16.1. The summed E-state index contributed by atoms with van der Waals surface area (Å²) in [7, 11) is 0. The van der Waals surface area contributed by atoms with Crippen molar-refractivity contribution in [3.63, 3.8) is 0 Å². The van der Waals surface area contributed by atoms with E-state index in [9.17, 15) is 4.79 Å². The van der Waals surface area contributed by atoms with Gasteiger partial charge in [-0.15, -0.1) is 0 Å². The molecule has 0 aliphatic carbocycles. The molecule has 3 nitrogen and oxygen atoms in total. The molecule has 0 aliphatic heterocycles. The van der Waals surface area contributed by atoms with E-state index in [0.29, 0.717) is 6.42 Å². The molecule has 0 unspecified atom stereocenters. The lowest BCUT2D eigenvalue weighted by Crippen LogP contribution is -2.16. The number of amides is 1. The van der Waals surface area contributed by atoms with Gasteiger partial charge in [-0.25, -0.2) is 0 Å². The monoisotopic (exact) mass is 296 g/mol. The third-order valence-electron chi connectivity index (χ3n) is 3.57. The lowest BCUT2D eigenvalue weighted by atomic mass is 10.2. The summed E-state index contributed by atoms with van der Waals surface area (Å²) in [5.41, 5.74) is 4.41. The summed E-state index contributed by atoms with van der Waals surface area (Å²) < 4.78 is 0. The molecular formula is C19H24N2O. The lowest BCUT2D eigenvalue weighted by molar-refractivity contribution is -0.116. The van der Waals surface area contributed by atoms with Gasteiger partial charge in [0.1, 0.15) is 0 Å². The van der Waals surface area contributed by atoms with Gasteiger partial charge in [0.2, 0.25) is 5.91 Å². The van der Waals surface area contributed by atoms with Crippen molar-refractivity contribution in [3.8, 4) is 0 Å². The van der Waals surface area contributed by atoms with Crippen molar-refractivity contribution in [2.75, 3.05) is 16.8 Å². The van der Waals surface area contributed by atoms with Crippen LogP contribution in [-0.2, 0) is 4.79 Å². The number of anilines is 3. The van der Waals surface area contributed by atoms with Gasteiger partial charge in [-0.1, -0.05) is 19.1 Å². The Hall–Kier alpha value is -2.29. The third-order valence-corrected chi connectivity index (χ3v) is 3.57. The minimum Gasteiger partial charge on any atom is -0.342 e. The van der Waals surface area contributed by atoms with Gasteiger partial charge < -0.3 is 10.2 Å². The van der Waals surface area contributed by atoms with Crippen molar-refractivity contribution in [1.29, 1.82) is 0 Å². The normalized spacial score (nSPS) is 10.3. The first-order valence-electron chi connectivity index (χ1n) is 7.88. The predicted octanol–water partition coefficient (Wildman–Crippen LogP) is 4.89. The molecule has 0 bridgehead atoms. The summed E-state index contributed by atoms with van der Waals surface area (Å²) in [6.07, 6.45) is 1.42. The van der Waals surface area contributed by atoms with Crippen LogP contribution in [0.5, 0.6) is 0 Å². The van der Waals surface area contributed by atoms with E-state index in [1.807, 2.05) is 31.2 Å². The van der Waals surface area contributed by atoms with Crippen LogP contribution in [0.15, 0.2) is 48.5 Å². The van der Waals surface area contributed by atoms with Crippen LogP contribution in [0.1, 0.15) is 32.3 Å². The number of nitrogens with zero attached hydrogens (tertiary/aromatic N) is 1. The fraction of sp³-hybridized carbons (Fsp3) is 0.316. The average molecular weight is 296 g/mol. The van der Waals surface area contributed by atoms with E-state index >= 15 is 0 Å². The van der Waals surface area contributed by atoms with Gasteiger partial charge in [0.05, 0.1) is 0 Å². The fourth-order valence-corrected chi connectivity index (χ4v) is 2.49. The van der Waals surface area contributed by atoms with Crippen LogP contribution < -0.4 is 10.2 Å². The maximum Gasteiger partial charge on any atom is 0.224 e. The highest BCUT2D eigenvalue weighted by Crippen LogP contribution is 2.27. The molecule has 2 rings (SSSR count). The van der Waals surface area contributed by atoms with Gasteiger partial charge in [-0.3, -0.25) is 4.79 Å². The zero-order chi connectivity index (χ0) is 15.9. The largest absolute Gasteiger partial charge is 0.342 e. The molecule has 0 radical (unpaired) electrons. The first-order chi connectivity index (χ1) is 10.6. The molecule has 2 aromatic rings. The number of hydrogen-bond donors (Lipinski definition) is 1. The molecule has 0 aromatic heterocycles. The van der Waals surface area contributed by atoms with Gasteiger partial charge in [-0.2, -0.15) is 0 Å². The van der Waals surface area contributed by atoms with Crippen molar-refractivity contribution in [1.82, 2.24) is 0 Å². The Morgan fingerprint density at radius 1 is 1.05 bits per heavy atom. The zero-order valence-electron chi connectivity index (χ0n) is 13.6. The molecule has 116 valence electrons. The molecule has 1 amide bonds. The summed E-state index contributed by atoms with van der Waals surface area (Å²) in [4.78, 5) is 13.9. The zero-order valence-corrected chi connectivity index (χ0v) is 13.6. The van der Waals surface area contributed by atoms with Crippen LogP contribution in [-0.4, -0.2) is 12.5 Å². The van der Waals surface area contributed by atoms with Crippen molar-refractivity contribution in [2.24, 2.45) is 0 Å². The summed E-state index contributed by atoms with van der Waals surface area (Å²) in [5.74, 6) is 0.0706. The van der Waals surface area contributed by atoms with E-state index in [0.717, 1.165) is 24.3 Å². The highest BCUT2D eigenvalue weighted by Gasteiger charge is 2.08. The molecular weight excluding hydrogens is 272 g/mol. The molecule has 0 heterocycles. The van der Waals surface area contributed by atoms with Crippen molar-refractivity contribution in [3.05, 3.63) is 54.1 Å². The number of carbonyl (C=O) groups excluding carboxylic acids is 1. The Kier molecular flexibility index (Phi) is 5.59. The molecule has 0 aliphatic rings. The molecule has 1 N–H and O–H groups in total. The van der Waals surface area contributed by atoms with Crippen molar-refractivity contribution >= 4 is 23.0 Å². The quantitative estimate of drug-likeness (QED) is 0.823. The summed E-state index contributed by atoms with van der Waals surface area (Å²) in [6.45, 7) is 7.14. The van der Waals surface area contributed by atoms with Crippen LogP contribution in [0.25, 0.3) is 0 Å². The van der Waals surface area contributed by atoms with Gasteiger partial charge in [-0.05, 0) is 62.2 Å². The Bertz CT molecular complexity index is 620. The van der Waals surface area contributed by atoms with Crippen LogP contribution in [0.4, 0.5) is 17.1 Å². The van der Waals surface area contributed by atoms with Crippen molar-refractivity contribution in [2.45, 2.75) is 33.6 Å². The predicted molar refractivity (Wildman–Crippen MR) is 93.8 cm³/mol. The molecule has 0 saturated carbocycles. The summed E-state index contributed by atoms with van der Waals surface area (Å²) in [5, 5.41) is 2.92. The minimum absolute atomic E-state index is 0.0706. The summed E-state index contributed by atoms with van der Waals surface area (Å²) >= 11 is 0. The van der Waals surface area contributed by atoms with E-state index in [1.54, 1.807) is 0 Å². The third kappa shape index (κ3) is 4.10. The van der Waals surface area contributed by atoms with Gasteiger partial charge in [0.15, 0.2) is 0 Å². The maximum absolute atomic E-state index is 11.6. The Morgan fingerprint density at radius 3 is 2.36 bits per heavy atom. The van der Waals surface area contributed by atoms with E-state index in [2.05, 4.69) is 48.3 Å². The molecule has 0 saturated heterocycles. The Labute approximate surface area is 133 Å². The molecule has 2 aromatic carbocycles. The lowest BCUT2D eigenvalue weighted by Gasteiger charge is -2.24. The van der Waals surface area contributed by atoms with E-state index < -0.39 is 0 Å². The number of carbonyl (C=O) groups is 1. The van der Waals surface area contributed by atoms with Gasteiger partial charge >= 0.3 is 0 Å². The number of rotatable bonds is 6. The highest BCUT2D eigenvalue weighted by molar-refractivity contribution is 5.90. The van der Waals surface area contributed by atoms with E-state index in [4.69, 9.17) is 0 Å². The molecule has 22 heavy (non-hydrogen) atoms. The van der Waals surface area contributed by atoms with Crippen LogP contribution in [0.2, 0.25) is 0 Å². The Balaban J connectivity index is 2.15. The summed E-state index contributed by atoms with van der Waals surface area (Å²) in [6, 6.07) is 16.5. The topological polar surface area (TPSA) is 32.3 Å². The number of nitrogens with one attached hydrogen (secondary N) is 1. The van der Waals surface area contributed by atoms with Crippen LogP contribution in [0.3, 0.4) is 0 Å². The fourth-order valence-electron chi connectivity index (χ4n) is 2.49. The van der Waals surface area contributed by atoms with E-state index in [-0.39, 0.29) is 5.91 Å². The molecule has 0 spiro atoms. The number of benzene rings is 2. The smallest absolute Gasteiger partial charge is 0.224 e. The minimum atomic E-state index is 0.0706. The number of aryl methyl sites for hydroxylation is 1. The molecule has 3 heteroatoms. The first-order valence-corrected chi connectivity index (χ1v) is 7.88. The van der Waals surface area contributed by atoms with Gasteiger partial charge in [0.25, 0.3) is 0 Å². The second kappa shape index (κ2) is 7.64. The second-order valence-corrected chi connectivity index (χ2v) is 5.43. The van der Waals surface area contributed by atoms with Gasteiger partial charge in [0, 0.05) is 30.0 Å². The highest BCUT2D eigenvalue weighted by atomic mass is 16.1. The molecule has 0 atom stereocenters.